The number of amides is 1. The molecule has 1 unspecified atom stereocenters. The number of aliphatic hydroxyl groups excluding tert-OH is 1. The number of likely N-dealkylation sites (tertiary alicyclic amines) is 1. The van der Waals surface area contributed by atoms with E-state index in [0.717, 1.165) is 0 Å². The number of rotatable bonds is 2. The fraction of sp³-hybridized carbons (Fsp3) is 0.818. The summed E-state index contributed by atoms with van der Waals surface area (Å²) < 4.78 is 0. The lowest BCUT2D eigenvalue weighted by molar-refractivity contribution is -0.149. The van der Waals surface area contributed by atoms with E-state index < -0.39 is 35.5 Å². The van der Waals surface area contributed by atoms with Crippen molar-refractivity contribution in [2.24, 2.45) is 11.1 Å². The van der Waals surface area contributed by atoms with Crippen LogP contribution in [0.25, 0.3) is 0 Å². The summed E-state index contributed by atoms with van der Waals surface area (Å²) in [6.07, 6.45) is -0.718. The summed E-state index contributed by atoms with van der Waals surface area (Å²) in [5.74, 6) is -1.52. The third-order valence-corrected chi connectivity index (χ3v) is 3.05. The molecule has 0 aromatic carbocycles. The largest absolute Gasteiger partial charge is 0.480 e. The molecule has 6 heteroatoms. The van der Waals surface area contributed by atoms with Crippen LogP contribution in [0, 0.1) is 5.41 Å². The molecular weight excluding hydrogens is 224 g/mol. The second-order valence-electron chi connectivity index (χ2n) is 5.58. The van der Waals surface area contributed by atoms with Crippen LogP contribution in [0.2, 0.25) is 0 Å². The molecule has 0 bridgehead atoms. The van der Waals surface area contributed by atoms with Gasteiger partial charge in [0.15, 0.2) is 0 Å². The van der Waals surface area contributed by atoms with Gasteiger partial charge in [-0.15, -0.1) is 0 Å². The summed E-state index contributed by atoms with van der Waals surface area (Å²) in [6, 6.07) is -1.74. The van der Waals surface area contributed by atoms with E-state index in [-0.39, 0.29) is 13.0 Å². The molecule has 1 heterocycles. The Balaban J connectivity index is 2.84. The predicted molar refractivity (Wildman–Crippen MR) is 61.2 cm³/mol. The number of aliphatic hydroxyl groups is 1. The Morgan fingerprint density at radius 2 is 1.94 bits per heavy atom. The number of carboxylic acid groups (broad SMARTS) is 1. The summed E-state index contributed by atoms with van der Waals surface area (Å²) in [5.41, 5.74) is 5.38. The van der Waals surface area contributed by atoms with Gasteiger partial charge in [0, 0.05) is 13.0 Å². The number of nitrogens with zero attached hydrogens (tertiary/aromatic N) is 1. The van der Waals surface area contributed by atoms with Crippen molar-refractivity contribution in [1.82, 2.24) is 4.90 Å². The molecule has 1 rings (SSSR count). The van der Waals surface area contributed by atoms with E-state index in [1.165, 1.54) is 4.90 Å². The monoisotopic (exact) mass is 244 g/mol. The standard InChI is InChI=1S/C11H20N2O4/c1-11(2,3)8(12)9(15)13-5-6(14)4-7(13)10(16)17/h6-8,14H,4-5,12H2,1-3H3,(H,16,17)/t6?,7-,8+/m0/s1. The lowest BCUT2D eigenvalue weighted by atomic mass is 9.86. The van der Waals surface area contributed by atoms with Gasteiger partial charge in [0.05, 0.1) is 12.1 Å². The molecule has 0 radical (unpaired) electrons. The maximum absolute atomic E-state index is 12.1. The molecule has 1 aliphatic rings. The van der Waals surface area contributed by atoms with Crippen molar-refractivity contribution in [1.29, 1.82) is 0 Å². The fourth-order valence-electron chi connectivity index (χ4n) is 1.84. The van der Waals surface area contributed by atoms with Gasteiger partial charge in [0.25, 0.3) is 0 Å². The van der Waals surface area contributed by atoms with Crippen molar-refractivity contribution in [2.75, 3.05) is 6.54 Å². The maximum Gasteiger partial charge on any atom is 0.326 e. The minimum absolute atomic E-state index is 0.0413. The van der Waals surface area contributed by atoms with Crippen LogP contribution in [-0.4, -0.2) is 51.7 Å². The summed E-state index contributed by atoms with van der Waals surface area (Å²) in [5, 5.41) is 18.4. The molecule has 1 fully saturated rings. The van der Waals surface area contributed by atoms with Crippen molar-refractivity contribution in [3.05, 3.63) is 0 Å². The number of aliphatic carboxylic acids is 1. The van der Waals surface area contributed by atoms with E-state index >= 15 is 0 Å². The first-order valence-corrected chi connectivity index (χ1v) is 5.61. The summed E-state index contributed by atoms with van der Waals surface area (Å²) >= 11 is 0. The van der Waals surface area contributed by atoms with Gasteiger partial charge in [0.1, 0.15) is 6.04 Å². The lowest BCUT2D eigenvalue weighted by Crippen LogP contribution is -2.53. The van der Waals surface area contributed by atoms with Gasteiger partial charge in [-0.3, -0.25) is 4.79 Å². The average molecular weight is 244 g/mol. The number of carbonyl (C=O) groups is 2. The molecule has 0 aromatic rings. The van der Waals surface area contributed by atoms with Crippen LogP contribution in [-0.2, 0) is 9.59 Å². The number of hydrogen-bond donors (Lipinski definition) is 3. The molecule has 4 N–H and O–H groups in total. The van der Waals surface area contributed by atoms with Gasteiger partial charge < -0.3 is 20.8 Å². The molecule has 3 atom stereocenters. The van der Waals surface area contributed by atoms with Crippen molar-refractivity contribution in [2.45, 2.75) is 45.4 Å². The molecule has 0 aliphatic carbocycles. The van der Waals surface area contributed by atoms with E-state index in [1.807, 2.05) is 20.8 Å². The van der Waals surface area contributed by atoms with Gasteiger partial charge in [-0.1, -0.05) is 20.8 Å². The second-order valence-corrected chi connectivity index (χ2v) is 5.58. The Kier molecular flexibility index (Phi) is 3.78. The zero-order valence-corrected chi connectivity index (χ0v) is 10.4. The number of hydrogen-bond acceptors (Lipinski definition) is 4. The average Bonchev–Trinajstić information content (AvgIpc) is 2.56. The number of nitrogens with two attached hydrogens (primary N) is 1. The van der Waals surface area contributed by atoms with Crippen LogP contribution in [0.3, 0.4) is 0 Å². The van der Waals surface area contributed by atoms with E-state index in [2.05, 4.69) is 0 Å². The summed E-state index contributed by atoms with van der Waals surface area (Å²) in [4.78, 5) is 24.2. The second kappa shape index (κ2) is 4.62. The minimum atomic E-state index is -1.10. The van der Waals surface area contributed by atoms with Crippen LogP contribution in [0.5, 0.6) is 0 Å². The van der Waals surface area contributed by atoms with Crippen molar-refractivity contribution >= 4 is 11.9 Å². The highest BCUT2D eigenvalue weighted by atomic mass is 16.4. The molecule has 98 valence electrons. The third kappa shape index (κ3) is 2.95. The highest BCUT2D eigenvalue weighted by molar-refractivity contribution is 5.88. The smallest absolute Gasteiger partial charge is 0.326 e. The minimum Gasteiger partial charge on any atom is -0.480 e. The Labute approximate surface area is 100 Å². The fourth-order valence-corrected chi connectivity index (χ4v) is 1.84. The Morgan fingerprint density at radius 3 is 2.35 bits per heavy atom. The first-order chi connectivity index (χ1) is 7.64. The molecule has 0 aromatic heterocycles. The first-order valence-electron chi connectivity index (χ1n) is 5.61. The molecular formula is C11H20N2O4. The predicted octanol–water partition coefficient (Wildman–Crippen LogP) is -0.594. The SMILES string of the molecule is CC(C)(C)[C@H](N)C(=O)N1CC(O)C[C@H]1C(=O)O. The van der Waals surface area contributed by atoms with Gasteiger partial charge in [0.2, 0.25) is 5.91 Å². The van der Waals surface area contributed by atoms with E-state index in [4.69, 9.17) is 10.8 Å². The molecule has 1 amide bonds. The summed E-state index contributed by atoms with van der Waals surface area (Å²) in [6.45, 7) is 5.49. The first kappa shape index (κ1) is 13.9. The maximum atomic E-state index is 12.1. The van der Waals surface area contributed by atoms with Crippen molar-refractivity contribution in [3.63, 3.8) is 0 Å². The van der Waals surface area contributed by atoms with Crippen LogP contribution < -0.4 is 5.73 Å². The molecule has 17 heavy (non-hydrogen) atoms. The quantitative estimate of drug-likeness (QED) is 0.602. The Bertz CT molecular complexity index is 324. The number of carbonyl (C=O) groups excluding carboxylic acids is 1. The highest BCUT2D eigenvalue weighted by Gasteiger charge is 2.42. The van der Waals surface area contributed by atoms with Gasteiger partial charge in [-0.2, -0.15) is 0 Å². The molecule has 1 aliphatic heterocycles. The highest BCUT2D eigenvalue weighted by Crippen LogP contribution is 2.24. The van der Waals surface area contributed by atoms with Crippen molar-refractivity contribution < 1.29 is 19.8 Å². The van der Waals surface area contributed by atoms with Crippen molar-refractivity contribution in [3.8, 4) is 0 Å². The van der Waals surface area contributed by atoms with E-state index in [0.29, 0.717) is 0 Å². The summed E-state index contributed by atoms with van der Waals surface area (Å²) in [7, 11) is 0. The normalized spacial score (nSPS) is 27.0. The molecule has 0 saturated carbocycles. The van der Waals surface area contributed by atoms with Crippen LogP contribution in [0.4, 0.5) is 0 Å². The zero-order chi connectivity index (χ0) is 13.4. The third-order valence-electron chi connectivity index (χ3n) is 3.05. The number of carboxylic acids is 1. The van der Waals surface area contributed by atoms with Gasteiger partial charge in [-0.05, 0) is 5.41 Å². The van der Waals surface area contributed by atoms with E-state index in [9.17, 15) is 14.7 Å². The Hall–Kier alpha value is -1.14. The molecule has 0 spiro atoms. The van der Waals surface area contributed by atoms with Crippen LogP contribution in [0.1, 0.15) is 27.2 Å². The number of β-amino-alcohol motifs (C(OH)–C–C–N with tert-alkyl or cyclic N) is 1. The molecule has 1 saturated heterocycles. The molecule has 6 nitrogen and oxygen atoms in total. The van der Waals surface area contributed by atoms with E-state index in [1.54, 1.807) is 0 Å². The zero-order valence-electron chi connectivity index (χ0n) is 10.4. The van der Waals surface area contributed by atoms with Gasteiger partial charge in [-0.25, -0.2) is 4.79 Å². The van der Waals surface area contributed by atoms with Gasteiger partial charge >= 0.3 is 5.97 Å². The Morgan fingerprint density at radius 1 is 1.41 bits per heavy atom. The topological polar surface area (TPSA) is 104 Å². The van der Waals surface area contributed by atoms with Crippen LogP contribution in [0.15, 0.2) is 0 Å². The van der Waals surface area contributed by atoms with Crippen LogP contribution >= 0.6 is 0 Å². The lowest BCUT2D eigenvalue weighted by Gasteiger charge is -2.31.